The van der Waals surface area contributed by atoms with Crippen LogP contribution in [-0.4, -0.2) is 45.0 Å². The van der Waals surface area contributed by atoms with E-state index in [0.29, 0.717) is 12.6 Å². The molecule has 0 amide bonds. The Balaban J connectivity index is 1.36. The second-order valence-corrected chi connectivity index (χ2v) is 9.54. The quantitative estimate of drug-likeness (QED) is 0.336. The van der Waals surface area contributed by atoms with Crippen LogP contribution >= 0.6 is 11.3 Å². The van der Waals surface area contributed by atoms with Gasteiger partial charge in [-0.2, -0.15) is 0 Å². The number of esters is 1. The third-order valence-corrected chi connectivity index (χ3v) is 7.02. The first-order valence-corrected chi connectivity index (χ1v) is 12.4. The first-order valence-electron chi connectivity index (χ1n) is 11.6. The van der Waals surface area contributed by atoms with Crippen molar-refractivity contribution in [3.8, 4) is 5.75 Å². The smallest absolute Gasteiger partial charge is 0.313 e. The molecule has 1 aromatic carbocycles. The summed E-state index contributed by atoms with van der Waals surface area (Å²) in [5, 5.41) is 10.1. The van der Waals surface area contributed by atoms with Crippen LogP contribution in [0.3, 0.4) is 0 Å². The molecule has 1 aliphatic carbocycles. The highest BCUT2D eigenvalue weighted by Gasteiger charge is 2.26. The molecule has 2 aromatic heterocycles. The Morgan fingerprint density at radius 1 is 1.28 bits per heavy atom. The van der Waals surface area contributed by atoms with E-state index in [0.717, 1.165) is 56.6 Å². The Hall–Kier alpha value is -2.51. The Kier molecular flexibility index (Phi) is 7.71. The summed E-state index contributed by atoms with van der Waals surface area (Å²) < 4.78 is 7.45. The van der Waals surface area contributed by atoms with Gasteiger partial charge in [-0.25, -0.2) is 0 Å². The number of carbonyl (C=O) groups is 1. The molecule has 0 aliphatic heterocycles. The summed E-state index contributed by atoms with van der Waals surface area (Å²) in [7, 11) is 0. The first-order chi connectivity index (χ1) is 15.6. The normalized spacial score (nSPS) is 15.7. The van der Waals surface area contributed by atoms with Crippen LogP contribution in [0.4, 0.5) is 0 Å². The highest BCUT2D eigenvalue weighted by molar-refractivity contribution is 7.09. The molecule has 1 atom stereocenters. The number of benzene rings is 1. The Labute approximate surface area is 194 Å². The highest BCUT2D eigenvalue weighted by Crippen LogP contribution is 2.32. The molecule has 0 saturated carbocycles. The lowest BCUT2D eigenvalue weighted by molar-refractivity contribution is -0.134. The van der Waals surface area contributed by atoms with Crippen LogP contribution in [0.25, 0.3) is 0 Å². The van der Waals surface area contributed by atoms with Crippen molar-refractivity contribution in [1.82, 2.24) is 19.9 Å². The van der Waals surface area contributed by atoms with Gasteiger partial charge in [0.15, 0.2) is 0 Å². The Bertz CT molecular complexity index is 1010. The molecule has 0 unspecified atom stereocenters. The van der Waals surface area contributed by atoms with Gasteiger partial charge in [0.05, 0.1) is 18.7 Å². The summed E-state index contributed by atoms with van der Waals surface area (Å²) in [6.45, 7) is 6.85. The molecule has 1 aliphatic rings. The lowest BCUT2D eigenvalue weighted by Crippen LogP contribution is -2.41. The fourth-order valence-corrected chi connectivity index (χ4v) is 5.22. The van der Waals surface area contributed by atoms with E-state index in [2.05, 4.69) is 45.7 Å². The summed E-state index contributed by atoms with van der Waals surface area (Å²) in [5.41, 5.74) is 3.36. The number of aromatic nitrogens is 3. The summed E-state index contributed by atoms with van der Waals surface area (Å²) in [5.74, 6) is 0.499. The Morgan fingerprint density at radius 2 is 2.19 bits per heavy atom. The van der Waals surface area contributed by atoms with Crippen LogP contribution < -0.4 is 4.74 Å². The predicted molar refractivity (Wildman–Crippen MR) is 127 cm³/mol. The minimum absolute atomic E-state index is 0.225. The lowest BCUT2D eigenvalue weighted by atomic mass is 9.86. The molecule has 0 fully saturated rings. The third-order valence-electron chi connectivity index (χ3n) is 6.09. The zero-order valence-electron chi connectivity index (χ0n) is 19.0. The summed E-state index contributed by atoms with van der Waals surface area (Å²) in [6.07, 6.45) is 7.46. The molecule has 2 heterocycles. The van der Waals surface area contributed by atoms with Crippen LogP contribution in [-0.2, 0) is 30.6 Å². The second kappa shape index (κ2) is 10.9. The molecular weight excluding hydrogens is 420 g/mol. The van der Waals surface area contributed by atoms with Crippen molar-refractivity contribution in [3.05, 3.63) is 63.6 Å². The number of hydrogen-bond donors (Lipinski definition) is 0. The van der Waals surface area contributed by atoms with E-state index in [1.165, 1.54) is 16.0 Å². The number of thiophene rings is 1. The van der Waals surface area contributed by atoms with Gasteiger partial charge in [-0.15, -0.1) is 16.4 Å². The molecule has 7 heteroatoms. The van der Waals surface area contributed by atoms with E-state index in [9.17, 15) is 4.79 Å². The van der Waals surface area contributed by atoms with Gasteiger partial charge in [-0.05, 0) is 74.2 Å². The SMILES string of the molecule is CCCN(CCc1cccs1)[C@H]1CCc2c(cccc2OC(=O)CCn2cc(C)nn2)C1. The Morgan fingerprint density at radius 3 is 2.94 bits per heavy atom. The maximum Gasteiger partial charge on any atom is 0.313 e. The number of fused-ring (bicyclic) bond motifs is 1. The van der Waals surface area contributed by atoms with Crippen LogP contribution in [0.5, 0.6) is 5.75 Å². The molecule has 3 aromatic rings. The molecule has 0 radical (unpaired) electrons. The van der Waals surface area contributed by atoms with Gasteiger partial charge in [0.25, 0.3) is 0 Å². The number of aryl methyl sites for hydroxylation is 2. The maximum atomic E-state index is 12.4. The topological polar surface area (TPSA) is 60.2 Å². The number of ether oxygens (including phenoxy) is 1. The molecule has 6 nitrogen and oxygen atoms in total. The average Bonchev–Trinajstić information content (AvgIpc) is 3.47. The van der Waals surface area contributed by atoms with E-state index in [1.807, 2.05) is 36.6 Å². The van der Waals surface area contributed by atoms with Crippen LogP contribution in [0, 0.1) is 6.92 Å². The van der Waals surface area contributed by atoms with Gasteiger partial charge in [-0.3, -0.25) is 14.4 Å². The van der Waals surface area contributed by atoms with E-state index in [4.69, 9.17) is 4.74 Å². The fourth-order valence-electron chi connectivity index (χ4n) is 4.52. The van der Waals surface area contributed by atoms with Gasteiger partial charge in [0.1, 0.15) is 5.75 Å². The largest absolute Gasteiger partial charge is 0.426 e. The van der Waals surface area contributed by atoms with Crippen molar-refractivity contribution >= 4 is 17.3 Å². The molecule has 0 N–H and O–H groups in total. The van der Waals surface area contributed by atoms with Gasteiger partial charge in [0, 0.05) is 23.7 Å². The van der Waals surface area contributed by atoms with Crippen molar-refractivity contribution in [1.29, 1.82) is 0 Å². The predicted octanol–water partition coefficient (Wildman–Crippen LogP) is 4.46. The molecule has 0 spiro atoms. The number of hydrogen-bond acceptors (Lipinski definition) is 6. The van der Waals surface area contributed by atoms with Crippen molar-refractivity contribution in [3.63, 3.8) is 0 Å². The zero-order valence-corrected chi connectivity index (χ0v) is 19.8. The van der Waals surface area contributed by atoms with Gasteiger partial charge in [0.2, 0.25) is 0 Å². The molecule has 32 heavy (non-hydrogen) atoms. The van der Waals surface area contributed by atoms with Gasteiger partial charge < -0.3 is 4.74 Å². The first kappa shape index (κ1) is 22.7. The minimum Gasteiger partial charge on any atom is -0.426 e. The molecule has 4 rings (SSSR count). The summed E-state index contributed by atoms with van der Waals surface area (Å²) in [6, 6.07) is 11.0. The summed E-state index contributed by atoms with van der Waals surface area (Å²) in [4.78, 5) is 16.6. The molecule has 0 bridgehead atoms. The molecule has 0 saturated heterocycles. The third kappa shape index (κ3) is 5.84. The maximum absolute atomic E-state index is 12.4. The number of rotatable bonds is 10. The van der Waals surface area contributed by atoms with Crippen LogP contribution in [0.2, 0.25) is 0 Å². The number of carbonyl (C=O) groups excluding carboxylic acids is 1. The van der Waals surface area contributed by atoms with Crippen LogP contribution in [0.15, 0.2) is 41.9 Å². The van der Waals surface area contributed by atoms with Crippen molar-refractivity contribution in [2.75, 3.05) is 13.1 Å². The molecule has 170 valence electrons. The number of nitrogens with zero attached hydrogens (tertiary/aromatic N) is 4. The highest BCUT2D eigenvalue weighted by atomic mass is 32.1. The standard InChI is InChI=1S/C25H32N4O2S/c1-3-13-28(14-11-22-7-5-16-32-22)21-9-10-23-20(17-21)6-4-8-24(23)31-25(30)12-15-29-18-19(2)26-27-29/h4-8,16,18,21H,3,9-15,17H2,1-2H3/t21-/m0/s1. The lowest BCUT2D eigenvalue weighted by Gasteiger charge is -2.35. The zero-order chi connectivity index (χ0) is 22.3. The van der Waals surface area contributed by atoms with Gasteiger partial charge >= 0.3 is 5.97 Å². The minimum atomic E-state index is -0.225. The van der Waals surface area contributed by atoms with Gasteiger partial charge in [-0.1, -0.05) is 30.3 Å². The van der Waals surface area contributed by atoms with E-state index >= 15 is 0 Å². The fraction of sp³-hybridized carbons (Fsp3) is 0.480. The van der Waals surface area contributed by atoms with E-state index in [-0.39, 0.29) is 12.4 Å². The monoisotopic (exact) mass is 452 g/mol. The van der Waals surface area contributed by atoms with E-state index in [1.54, 1.807) is 4.68 Å². The average molecular weight is 453 g/mol. The second-order valence-electron chi connectivity index (χ2n) is 8.50. The van der Waals surface area contributed by atoms with Crippen LogP contribution in [0.1, 0.15) is 47.9 Å². The van der Waals surface area contributed by atoms with Crippen molar-refractivity contribution < 1.29 is 9.53 Å². The summed E-state index contributed by atoms with van der Waals surface area (Å²) >= 11 is 1.85. The van der Waals surface area contributed by atoms with E-state index < -0.39 is 0 Å². The molecular formula is C25H32N4O2S. The van der Waals surface area contributed by atoms with Crippen molar-refractivity contribution in [2.24, 2.45) is 0 Å². The van der Waals surface area contributed by atoms with Crippen molar-refractivity contribution in [2.45, 2.75) is 65.0 Å².